The third kappa shape index (κ3) is 4.60. The Balaban J connectivity index is 1.90. The normalized spacial score (nSPS) is 10.9. The molecular weight excluding hydrogens is 364 g/mol. The van der Waals surface area contributed by atoms with Crippen LogP contribution in [0.4, 0.5) is 0 Å². The number of carbonyl (C=O) groups is 1. The molecule has 0 aliphatic carbocycles. The van der Waals surface area contributed by atoms with Crippen molar-refractivity contribution in [2.24, 2.45) is 0 Å². The number of ether oxygens (including phenoxy) is 2. The van der Waals surface area contributed by atoms with Gasteiger partial charge < -0.3 is 14.8 Å². The number of carbonyl (C=O) groups excluding carboxylic acids is 1. The Bertz CT molecular complexity index is 876. The molecule has 27 heavy (non-hydrogen) atoms. The Hall–Kier alpha value is -2.55. The molecular formula is C19H22N4O3S. The number of thiazole rings is 1. The van der Waals surface area contributed by atoms with E-state index in [0.29, 0.717) is 37.0 Å². The Morgan fingerprint density at radius 1 is 1.30 bits per heavy atom. The number of hydrogen-bond donors (Lipinski definition) is 1. The van der Waals surface area contributed by atoms with Crippen molar-refractivity contribution in [1.82, 2.24) is 20.1 Å². The van der Waals surface area contributed by atoms with Crippen LogP contribution in [0, 0.1) is 0 Å². The largest absolute Gasteiger partial charge is 0.462 e. The lowest BCUT2D eigenvalue weighted by molar-refractivity contribution is 0.0525. The second-order valence-electron chi connectivity index (χ2n) is 5.69. The van der Waals surface area contributed by atoms with Gasteiger partial charge in [-0.05, 0) is 6.92 Å². The van der Waals surface area contributed by atoms with Gasteiger partial charge in [-0.25, -0.2) is 14.5 Å². The minimum absolute atomic E-state index is 0.315. The van der Waals surface area contributed by atoms with Gasteiger partial charge in [0.25, 0.3) is 0 Å². The van der Waals surface area contributed by atoms with Crippen molar-refractivity contribution < 1.29 is 14.3 Å². The molecule has 0 radical (unpaired) electrons. The quantitative estimate of drug-likeness (QED) is 0.450. The van der Waals surface area contributed by atoms with Crippen LogP contribution in [0.25, 0.3) is 16.4 Å². The zero-order valence-electron chi connectivity index (χ0n) is 15.3. The van der Waals surface area contributed by atoms with Gasteiger partial charge in [-0.3, -0.25) is 0 Å². The van der Waals surface area contributed by atoms with Gasteiger partial charge in [0.2, 0.25) is 5.13 Å². The Morgan fingerprint density at radius 2 is 2.11 bits per heavy atom. The van der Waals surface area contributed by atoms with E-state index in [1.165, 1.54) is 17.5 Å². The van der Waals surface area contributed by atoms with Gasteiger partial charge in [0.15, 0.2) is 0 Å². The number of nitrogens with one attached hydrogen (secondary N) is 1. The number of nitrogens with zero attached hydrogens (tertiary/aromatic N) is 3. The van der Waals surface area contributed by atoms with Crippen LogP contribution < -0.4 is 5.32 Å². The highest BCUT2D eigenvalue weighted by atomic mass is 32.1. The zero-order valence-corrected chi connectivity index (χ0v) is 16.2. The van der Waals surface area contributed by atoms with Crippen LogP contribution in [0.5, 0.6) is 0 Å². The summed E-state index contributed by atoms with van der Waals surface area (Å²) in [6.07, 6.45) is 1.54. The van der Waals surface area contributed by atoms with Crippen LogP contribution in [0.15, 0.2) is 41.9 Å². The number of rotatable bonds is 9. The fraction of sp³-hybridized carbons (Fsp3) is 0.316. The molecule has 0 amide bonds. The first-order chi connectivity index (χ1) is 13.2. The maximum absolute atomic E-state index is 12.3. The highest BCUT2D eigenvalue weighted by Crippen LogP contribution is 2.25. The summed E-state index contributed by atoms with van der Waals surface area (Å²) in [6, 6.07) is 9.95. The zero-order chi connectivity index (χ0) is 19.1. The number of hydrogen-bond acceptors (Lipinski definition) is 7. The van der Waals surface area contributed by atoms with Gasteiger partial charge >= 0.3 is 5.97 Å². The van der Waals surface area contributed by atoms with Crippen LogP contribution in [-0.2, 0) is 16.0 Å². The summed E-state index contributed by atoms with van der Waals surface area (Å²) >= 11 is 1.48. The first-order valence-electron chi connectivity index (χ1n) is 8.69. The summed E-state index contributed by atoms with van der Waals surface area (Å²) < 4.78 is 11.9. The Morgan fingerprint density at radius 3 is 2.85 bits per heavy atom. The fourth-order valence-corrected chi connectivity index (χ4v) is 3.39. The lowest BCUT2D eigenvalue weighted by Crippen LogP contribution is -2.22. The second kappa shape index (κ2) is 9.40. The van der Waals surface area contributed by atoms with Gasteiger partial charge in [-0.2, -0.15) is 5.10 Å². The fourth-order valence-electron chi connectivity index (χ4n) is 2.57. The lowest BCUT2D eigenvalue weighted by Gasteiger charge is -2.08. The van der Waals surface area contributed by atoms with Gasteiger partial charge in [-0.1, -0.05) is 30.3 Å². The summed E-state index contributed by atoms with van der Waals surface area (Å²) in [4.78, 5) is 17.0. The molecule has 0 bridgehead atoms. The molecule has 1 N–H and O–H groups in total. The molecule has 1 aromatic carbocycles. The molecule has 2 aromatic heterocycles. The first-order valence-corrected chi connectivity index (χ1v) is 9.57. The van der Waals surface area contributed by atoms with Crippen LogP contribution >= 0.6 is 11.3 Å². The van der Waals surface area contributed by atoms with Crippen LogP contribution in [0.2, 0.25) is 0 Å². The smallest absolute Gasteiger partial charge is 0.341 e. The predicted octanol–water partition coefficient (Wildman–Crippen LogP) is 2.91. The summed E-state index contributed by atoms with van der Waals surface area (Å²) in [5.41, 5.74) is 3.08. The van der Waals surface area contributed by atoms with Crippen molar-refractivity contribution in [3.05, 3.63) is 53.2 Å². The molecule has 3 aromatic rings. The summed E-state index contributed by atoms with van der Waals surface area (Å²) in [5, 5.41) is 10.3. The van der Waals surface area contributed by atoms with E-state index in [1.54, 1.807) is 18.7 Å². The Labute approximate surface area is 162 Å². The SMILES string of the molecule is CCOC(=O)c1cnn(-c2nc(-c3ccccc3)cs2)c1CNCCOC. The predicted molar refractivity (Wildman–Crippen MR) is 104 cm³/mol. The van der Waals surface area contributed by atoms with E-state index in [1.807, 2.05) is 35.7 Å². The standard InChI is InChI=1S/C19H22N4O3S/c1-3-26-18(24)15-11-21-23(17(15)12-20-9-10-25-2)19-22-16(13-27-19)14-7-5-4-6-8-14/h4-8,11,13,20H,3,9-10,12H2,1-2H3. The van der Waals surface area contributed by atoms with E-state index in [9.17, 15) is 4.79 Å². The van der Waals surface area contributed by atoms with Crippen molar-refractivity contribution in [2.45, 2.75) is 13.5 Å². The average Bonchev–Trinajstić information content (AvgIpc) is 3.33. The van der Waals surface area contributed by atoms with Gasteiger partial charge in [0, 0.05) is 31.1 Å². The van der Waals surface area contributed by atoms with E-state index in [2.05, 4.69) is 15.4 Å². The molecule has 0 unspecified atom stereocenters. The first kappa shape index (κ1) is 19.2. The van der Waals surface area contributed by atoms with Crippen molar-refractivity contribution in [3.63, 3.8) is 0 Å². The minimum Gasteiger partial charge on any atom is -0.462 e. The van der Waals surface area contributed by atoms with Crippen molar-refractivity contribution >= 4 is 17.3 Å². The van der Waals surface area contributed by atoms with E-state index in [-0.39, 0.29) is 5.97 Å². The van der Waals surface area contributed by atoms with Crippen molar-refractivity contribution in [3.8, 4) is 16.4 Å². The Kier molecular flexibility index (Phi) is 6.69. The third-order valence-corrected chi connectivity index (χ3v) is 4.70. The van der Waals surface area contributed by atoms with Gasteiger partial charge in [0.1, 0.15) is 5.56 Å². The third-order valence-electron chi connectivity index (χ3n) is 3.88. The van der Waals surface area contributed by atoms with Crippen molar-refractivity contribution in [1.29, 1.82) is 0 Å². The molecule has 2 heterocycles. The summed E-state index contributed by atoms with van der Waals surface area (Å²) in [5.74, 6) is -0.382. The van der Waals surface area contributed by atoms with Gasteiger partial charge in [0.05, 0.1) is 30.8 Å². The van der Waals surface area contributed by atoms with E-state index >= 15 is 0 Å². The van der Waals surface area contributed by atoms with Crippen molar-refractivity contribution in [2.75, 3.05) is 26.9 Å². The molecule has 0 atom stereocenters. The molecule has 0 spiro atoms. The lowest BCUT2D eigenvalue weighted by atomic mass is 10.2. The van der Waals surface area contributed by atoms with E-state index < -0.39 is 0 Å². The molecule has 0 fully saturated rings. The molecule has 142 valence electrons. The van der Waals surface area contributed by atoms with Gasteiger partial charge in [-0.15, -0.1) is 11.3 Å². The number of benzene rings is 1. The summed E-state index contributed by atoms with van der Waals surface area (Å²) in [7, 11) is 1.65. The molecule has 8 heteroatoms. The monoisotopic (exact) mass is 386 g/mol. The molecule has 0 saturated carbocycles. The maximum atomic E-state index is 12.3. The highest BCUT2D eigenvalue weighted by molar-refractivity contribution is 7.12. The second-order valence-corrected chi connectivity index (χ2v) is 6.52. The highest BCUT2D eigenvalue weighted by Gasteiger charge is 2.21. The maximum Gasteiger partial charge on any atom is 0.341 e. The molecule has 7 nitrogen and oxygen atoms in total. The molecule has 0 saturated heterocycles. The number of esters is 1. The van der Waals surface area contributed by atoms with Crippen LogP contribution in [0.1, 0.15) is 23.0 Å². The number of aromatic nitrogens is 3. The van der Waals surface area contributed by atoms with Crippen LogP contribution in [-0.4, -0.2) is 47.6 Å². The molecule has 0 aliphatic rings. The van der Waals surface area contributed by atoms with E-state index in [0.717, 1.165) is 17.0 Å². The molecule has 0 aliphatic heterocycles. The summed E-state index contributed by atoms with van der Waals surface area (Å²) in [6.45, 7) is 3.80. The topological polar surface area (TPSA) is 78.3 Å². The van der Waals surface area contributed by atoms with E-state index in [4.69, 9.17) is 9.47 Å². The average molecular weight is 386 g/mol. The molecule has 3 rings (SSSR count). The minimum atomic E-state index is -0.382. The number of methoxy groups -OCH3 is 1. The van der Waals surface area contributed by atoms with Crippen LogP contribution in [0.3, 0.4) is 0 Å².